The van der Waals surface area contributed by atoms with Gasteiger partial charge in [0.25, 0.3) is 0 Å². The average molecular weight is 199 g/mol. The summed E-state index contributed by atoms with van der Waals surface area (Å²) in [5, 5.41) is 12.9. The highest BCUT2D eigenvalue weighted by molar-refractivity contribution is 5.83. The van der Waals surface area contributed by atoms with Crippen LogP contribution in [0.15, 0.2) is 30.5 Å². The molecule has 0 saturated heterocycles. The maximum atomic E-state index is 8.43. The molecule has 3 heteroatoms. The van der Waals surface area contributed by atoms with E-state index in [2.05, 4.69) is 34.2 Å². The number of nitrogens with zero attached hydrogens (tertiary/aromatic N) is 2. The molecule has 1 N–H and O–H groups in total. The van der Waals surface area contributed by atoms with Crippen LogP contribution in [0, 0.1) is 11.3 Å². The molecule has 0 atom stereocenters. The average Bonchev–Trinajstić information content (AvgIpc) is 2.61. The molecule has 0 aliphatic heterocycles. The quantitative estimate of drug-likeness (QED) is 0.771. The first-order chi connectivity index (χ1) is 7.31. The first-order valence-electron chi connectivity index (χ1n) is 4.97. The first-order valence-corrected chi connectivity index (χ1v) is 4.97. The third-order valence-electron chi connectivity index (χ3n) is 2.45. The van der Waals surface area contributed by atoms with Gasteiger partial charge in [-0.15, -0.1) is 0 Å². The third-order valence-corrected chi connectivity index (χ3v) is 2.45. The minimum atomic E-state index is 0.535. The normalized spacial score (nSPS) is 10.1. The minimum absolute atomic E-state index is 0.535. The summed E-state index contributed by atoms with van der Waals surface area (Å²) in [7, 11) is 2.03. The largest absolute Gasteiger partial charge is 0.384 e. The van der Waals surface area contributed by atoms with Crippen LogP contribution in [0.5, 0.6) is 0 Å². The van der Waals surface area contributed by atoms with Crippen LogP contribution < -0.4 is 5.32 Å². The summed E-state index contributed by atoms with van der Waals surface area (Å²) in [6, 6.07) is 10.4. The lowest BCUT2D eigenvalue weighted by molar-refractivity contribution is 0.969. The number of aryl methyl sites for hydroxylation is 1. The van der Waals surface area contributed by atoms with Gasteiger partial charge in [0.15, 0.2) is 0 Å². The number of nitrogens with one attached hydrogen (secondary N) is 1. The Morgan fingerprint density at radius 2 is 2.27 bits per heavy atom. The SMILES string of the molecule is Cn1ccc2cc(NCCC#N)ccc21. The van der Waals surface area contributed by atoms with Crippen molar-refractivity contribution in [2.75, 3.05) is 11.9 Å². The number of fused-ring (bicyclic) bond motifs is 1. The molecule has 0 saturated carbocycles. The third kappa shape index (κ3) is 1.94. The van der Waals surface area contributed by atoms with Crippen molar-refractivity contribution >= 4 is 16.6 Å². The van der Waals surface area contributed by atoms with E-state index in [1.165, 1.54) is 10.9 Å². The van der Waals surface area contributed by atoms with E-state index in [-0.39, 0.29) is 0 Å². The molecule has 0 radical (unpaired) electrons. The lowest BCUT2D eigenvalue weighted by atomic mass is 10.2. The predicted octanol–water partition coefficient (Wildman–Crippen LogP) is 2.50. The molecule has 0 spiro atoms. The Morgan fingerprint density at radius 3 is 3.07 bits per heavy atom. The number of aromatic nitrogens is 1. The van der Waals surface area contributed by atoms with Gasteiger partial charge in [0.05, 0.1) is 12.5 Å². The van der Waals surface area contributed by atoms with Crippen molar-refractivity contribution in [1.29, 1.82) is 5.26 Å². The van der Waals surface area contributed by atoms with E-state index in [0.29, 0.717) is 13.0 Å². The van der Waals surface area contributed by atoms with Crippen LogP contribution >= 0.6 is 0 Å². The van der Waals surface area contributed by atoms with Crippen LogP contribution in [-0.2, 0) is 7.05 Å². The number of nitriles is 1. The molecular weight excluding hydrogens is 186 g/mol. The second kappa shape index (κ2) is 4.05. The zero-order valence-electron chi connectivity index (χ0n) is 8.70. The van der Waals surface area contributed by atoms with Gasteiger partial charge in [0.2, 0.25) is 0 Å². The molecule has 76 valence electrons. The van der Waals surface area contributed by atoms with Crippen LogP contribution in [0.3, 0.4) is 0 Å². The van der Waals surface area contributed by atoms with Crippen LogP contribution in [0.25, 0.3) is 10.9 Å². The van der Waals surface area contributed by atoms with Crippen LogP contribution in [-0.4, -0.2) is 11.1 Å². The number of hydrogen-bond acceptors (Lipinski definition) is 2. The van der Waals surface area contributed by atoms with Crippen molar-refractivity contribution in [3.63, 3.8) is 0 Å². The molecular formula is C12H13N3. The molecule has 0 aliphatic rings. The van der Waals surface area contributed by atoms with Crippen molar-refractivity contribution in [2.45, 2.75) is 6.42 Å². The highest BCUT2D eigenvalue weighted by Gasteiger charge is 1.98. The molecule has 0 unspecified atom stereocenters. The van der Waals surface area contributed by atoms with E-state index in [0.717, 1.165) is 5.69 Å². The van der Waals surface area contributed by atoms with E-state index < -0.39 is 0 Å². The molecule has 15 heavy (non-hydrogen) atoms. The van der Waals surface area contributed by atoms with Crippen LogP contribution in [0.1, 0.15) is 6.42 Å². The van der Waals surface area contributed by atoms with Crippen molar-refractivity contribution < 1.29 is 0 Å². The number of rotatable bonds is 3. The zero-order chi connectivity index (χ0) is 10.7. The molecule has 3 nitrogen and oxygen atoms in total. The minimum Gasteiger partial charge on any atom is -0.384 e. The second-order valence-electron chi connectivity index (χ2n) is 3.54. The number of benzene rings is 1. The summed E-state index contributed by atoms with van der Waals surface area (Å²) in [6.07, 6.45) is 2.58. The Labute approximate surface area is 88.9 Å². The number of anilines is 1. The van der Waals surface area contributed by atoms with Crippen LogP contribution in [0.4, 0.5) is 5.69 Å². The van der Waals surface area contributed by atoms with E-state index >= 15 is 0 Å². The maximum absolute atomic E-state index is 8.43. The van der Waals surface area contributed by atoms with Gasteiger partial charge in [0.1, 0.15) is 0 Å². The Kier molecular flexibility index (Phi) is 2.59. The van der Waals surface area contributed by atoms with Crippen LogP contribution in [0.2, 0.25) is 0 Å². The van der Waals surface area contributed by atoms with Gasteiger partial charge < -0.3 is 9.88 Å². The zero-order valence-corrected chi connectivity index (χ0v) is 8.70. The van der Waals surface area contributed by atoms with Crippen molar-refractivity contribution in [3.8, 4) is 6.07 Å². The van der Waals surface area contributed by atoms with Gasteiger partial charge in [-0.1, -0.05) is 0 Å². The second-order valence-corrected chi connectivity index (χ2v) is 3.54. The summed E-state index contributed by atoms with van der Waals surface area (Å²) in [5.74, 6) is 0. The molecule has 2 aromatic rings. The monoisotopic (exact) mass is 199 g/mol. The summed E-state index contributed by atoms with van der Waals surface area (Å²) >= 11 is 0. The summed E-state index contributed by atoms with van der Waals surface area (Å²) in [5.41, 5.74) is 2.30. The Hall–Kier alpha value is -1.95. The van der Waals surface area contributed by atoms with E-state index in [9.17, 15) is 0 Å². The van der Waals surface area contributed by atoms with Gasteiger partial charge in [-0.05, 0) is 24.3 Å². The lowest BCUT2D eigenvalue weighted by Gasteiger charge is -2.04. The first kappa shape index (κ1) is 9.60. The summed E-state index contributed by atoms with van der Waals surface area (Å²) in [6.45, 7) is 0.703. The molecule has 0 fully saturated rings. The molecule has 1 heterocycles. The lowest BCUT2D eigenvalue weighted by Crippen LogP contribution is -1.99. The molecule has 0 amide bonds. The van der Waals surface area contributed by atoms with E-state index in [1.54, 1.807) is 0 Å². The summed E-state index contributed by atoms with van der Waals surface area (Å²) < 4.78 is 2.09. The van der Waals surface area contributed by atoms with E-state index in [1.807, 2.05) is 19.3 Å². The molecule has 1 aromatic heterocycles. The summed E-state index contributed by atoms with van der Waals surface area (Å²) in [4.78, 5) is 0. The smallest absolute Gasteiger partial charge is 0.0640 e. The molecule has 1 aromatic carbocycles. The van der Waals surface area contributed by atoms with Gasteiger partial charge in [-0.25, -0.2) is 0 Å². The molecule has 0 aliphatic carbocycles. The number of hydrogen-bond donors (Lipinski definition) is 1. The fraction of sp³-hybridized carbons (Fsp3) is 0.250. The van der Waals surface area contributed by atoms with Crippen molar-refractivity contribution in [1.82, 2.24) is 4.57 Å². The molecule has 0 bridgehead atoms. The maximum Gasteiger partial charge on any atom is 0.0640 e. The predicted molar refractivity (Wildman–Crippen MR) is 61.6 cm³/mol. The van der Waals surface area contributed by atoms with Crippen molar-refractivity contribution in [2.24, 2.45) is 7.05 Å². The topological polar surface area (TPSA) is 40.8 Å². The Bertz CT molecular complexity index is 505. The highest BCUT2D eigenvalue weighted by atomic mass is 14.9. The van der Waals surface area contributed by atoms with Gasteiger partial charge >= 0.3 is 0 Å². The standard InChI is InChI=1S/C12H13N3/c1-15-8-5-10-9-11(3-4-12(10)15)14-7-2-6-13/h3-5,8-9,14H,2,7H2,1H3. The van der Waals surface area contributed by atoms with Crippen molar-refractivity contribution in [3.05, 3.63) is 30.5 Å². The van der Waals surface area contributed by atoms with Gasteiger partial charge in [0, 0.05) is 36.4 Å². The fourth-order valence-corrected chi connectivity index (χ4v) is 1.65. The molecule has 2 rings (SSSR count). The highest BCUT2D eigenvalue weighted by Crippen LogP contribution is 2.19. The van der Waals surface area contributed by atoms with E-state index in [4.69, 9.17) is 5.26 Å². The Balaban J connectivity index is 2.20. The Morgan fingerprint density at radius 1 is 1.40 bits per heavy atom. The fourth-order valence-electron chi connectivity index (χ4n) is 1.65. The van der Waals surface area contributed by atoms with Gasteiger partial charge in [-0.3, -0.25) is 0 Å². The van der Waals surface area contributed by atoms with Gasteiger partial charge in [-0.2, -0.15) is 5.26 Å².